The SMILES string of the molecule is O=C(Nc1ccc2c(c1)OCCCO2)N1CCN(C(=O)N2CCCCC2)CC1. The molecule has 0 aliphatic carbocycles. The number of nitrogens with one attached hydrogen (secondary N) is 1. The van der Waals surface area contributed by atoms with Crippen molar-refractivity contribution >= 4 is 17.7 Å². The first-order chi connectivity index (χ1) is 13.7. The van der Waals surface area contributed by atoms with Crippen molar-refractivity contribution in [2.75, 3.05) is 57.8 Å². The van der Waals surface area contributed by atoms with Gasteiger partial charge in [0.1, 0.15) is 0 Å². The first-order valence-electron chi connectivity index (χ1n) is 10.2. The van der Waals surface area contributed by atoms with Crippen LogP contribution in [-0.2, 0) is 0 Å². The number of likely N-dealkylation sites (tertiary alicyclic amines) is 1. The van der Waals surface area contributed by atoms with Gasteiger partial charge in [-0.05, 0) is 31.4 Å². The second kappa shape index (κ2) is 8.58. The Morgan fingerprint density at radius 2 is 1.39 bits per heavy atom. The number of urea groups is 2. The van der Waals surface area contributed by atoms with E-state index in [2.05, 4.69) is 5.32 Å². The summed E-state index contributed by atoms with van der Waals surface area (Å²) in [5.74, 6) is 1.37. The minimum absolute atomic E-state index is 0.114. The van der Waals surface area contributed by atoms with Gasteiger partial charge in [0.15, 0.2) is 11.5 Å². The van der Waals surface area contributed by atoms with Crippen LogP contribution in [0, 0.1) is 0 Å². The van der Waals surface area contributed by atoms with Crippen molar-refractivity contribution in [2.24, 2.45) is 0 Å². The summed E-state index contributed by atoms with van der Waals surface area (Å²) in [6, 6.07) is 5.41. The van der Waals surface area contributed by atoms with Crippen LogP contribution in [-0.4, -0.2) is 79.2 Å². The van der Waals surface area contributed by atoms with Crippen LogP contribution in [0.3, 0.4) is 0 Å². The number of hydrogen-bond acceptors (Lipinski definition) is 4. The number of carbonyl (C=O) groups is 2. The minimum Gasteiger partial charge on any atom is -0.490 e. The van der Waals surface area contributed by atoms with Crippen LogP contribution in [0.25, 0.3) is 0 Å². The van der Waals surface area contributed by atoms with E-state index >= 15 is 0 Å². The highest BCUT2D eigenvalue weighted by atomic mass is 16.5. The van der Waals surface area contributed by atoms with E-state index in [1.807, 2.05) is 21.9 Å². The summed E-state index contributed by atoms with van der Waals surface area (Å²) < 4.78 is 11.3. The van der Waals surface area contributed by atoms with Crippen LogP contribution in [0.2, 0.25) is 0 Å². The standard InChI is InChI=1S/C20H28N4O4/c25-19(21-16-5-6-17-18(15-16)28-14-4-13-27-17)22-9-11-24(12-10-22)20(26)23-7-2-1-3-8-23/h5-6,15H,1-4,7-14H2,(H,21,25). The van der Waals surface area contributed by atoms with Crippen molar-refractivity contribution in [1.29, 1.82) is 0 Å². The molecule has 4 rings (SSSR count). The molecule has 3 aliphatic heterocycles. The maximum absolute atomic E-state index is 12.6. The van der Waals surface area contributed by atoms with Gasteiger partial charge in [-0.2, -0.15) is 0 Å². The average molecular weight is 388 g/mol. The van der Waals surface area contributed by atoms with Gasteiger partial charge < -0.3 is 29.5 Å². The van der Waals surface area contributed by atoms with Gasteiger partial charge in [0.25, 0.3) is 0 Å². The Morgan fingerprint density at radius 1 is 0.750 bits per heavy atom. The van der Waals surface area contributed by atoms with Crippen LogP contribution < -0.4 is 14.8 Å². The molecule has 0 saturated carbocycles. The molecule has 0 unspecified atom stereocenters. The van der Waals surface area contributed by atoms with Gasteiger partial charge >= 0.3 is 12.1 Å². The van der Waals surface area contributed by atoms with Crippen LogP contribution in [0.15, 0.2) is 18.2 Å². The Bertz CT molecular complexity index is 712. The van der Waals surface area contributed by atoms with E-state index < -0.39 is 0 Å². The zero-order valence-electron chi connectivity index (χ0n) is 16.2. The van der Waals surface area contributed by atoms with Gasteiger partial charge in [0.05, 0.1) is 13.2 Å². The number of carbonyl (C=O) groups excluding carboxylic acids is 2. The summed E-state index contributed by atoms with van der Waals surface area (Å²) >= 11 is 0. The fourth-order valence-electron chi connectivity index (χ4n) is 3.83. The largest absolute Gasteiger partial charge is 0.490 e. The average Bonchev–Trinajstić information content (AvgIpc) is 2.99. The maximum atomic E-state index is 12.6. The van der Waals surface area contributed by atoms with Gasteiger partial charge in [0.2, 0.25) is 0 Å². The van der Waals surface area contributed by atoms with Crippen molar-refractivity contribution < 1.29 is 19.1 Å². The molecule has 4 amide bonds. The molecular formula is C20H28N4O4. The highest BCUT2D eigenvalue weighted by Gasteiger charge is 2.28. The Hall–Kier alpha value is -2.64. The Balaban J connectivity index is 1.29. The van der Waals surface area contributed by atoms with Crippen molar-refractivity contribution in [3.05, 3.63) is 18.2 Å². The molecule has 2 saturated heterocycles. The first-order valence-corrected chi connectivity index (χ1v) is 10.2. The molecular weight excluding hydrogens is 360 g/mol. The molecule has 8 nitrogen and oxygen atoms in total. The lowest BCUT2D eigenvalue weighted by molar-refractivity contribution is 0.116. The van der Waals surface area contributed by atoms with E-state index in [0.29, 0.717) is 56.6 Å². The van der Waals surface area contributed by atoms with E-state index in [-0.39, 0.29) is 12.1 Å². The van der Waals surface area contributed by atoms with Crippen LogP contribution >= 0.6 is 0 Å². The number of fused-ring (bicyclic) bond motifs is 1. The summed E-state index contributed by atoms with van der Waals surface area (Å²) in [4.78, 5) is 30.8. The van der Waals surface area contributed by atoms with Crippen molar-refractivity contribution in [3.63, 3.8) is 0 Å². The summed E-state index contributed by atoms with van der Waals surface area (Å²) in [5.41, 5.74) is 0.682. The topological polar surface area (TPSA) is 74.4 Å². The molecule has 152 valence electrons. The maximum Gasteiger partial charge on any atom is 0.321 e. The van der Waals surface area contributed by atoms with Gasteiger partial charge in [-0.25, -0.2) is 9.59 Å². The number of ether oxygens (including phenoxy) is 2. The van der Waals surface area contributed by atoms with Gasteiger partial charge in [-0.3, -0.25) is 0 Å². The first kappa shape index (κ1) is 18.7. The van der Waals surface area contributed by atoms with Crippen molar-refractivity contribution in [3.8, 4) is 11.5 Å². The molecule has 0 radical (unpaired) electrons. The van der Waals surface area contributed by atoms with Gasteiger partial charge in [-0.1, -0.05) is 0 Å². The van der Waals surface area contributed by atoms with Crippen molar-refractivity contribution in [2.45, 2.75) is 25.7 Å². The molecule has 2 fully saturated rings. The third-order valence-electron chi connectivity index (χ3n) is 5.46. The number of piperazine rings is 1. The molecule has 28 heavy (non-hydrogen) atoms. The Labute approximate surface area is 165 Å². The molecule has 0 bridgehead atoms. The zero-order chi connectivity index (χ0) is 19.3. The lowest BCUT2D eigenvalue weighted by atomic mass is 10.1. The molecule has 0 spiro atoms. The second-order valence-electron chi connectivity index (χ2n) is 7.45. The number of hydrogen-bond donors (Lipinski definition) is 1. The van der Waals surface area contributed by atoms with E-state index in [0.717, 1.165) is 32.4 Å². The Morgan fingerprint density at radius 3 is 2.14 bits per heavy atom. The molecule has 0 atom stereocenters. The fourth-order valence-corrected chi connectivity index (χ4v) is 3.83. The van der Waals surface area contributed by atoms with Gasteiger partial charge in [0, 0.05) is 57.4 Å². The lowest BCUT2D eigenvalue weighted by Crippen LogP contribution is -2.55. The quantitative estimate of drug-likeness (QED) is 0.803. The number of amides is 4. The molecule has 1 aromatic rings. The van der Waals surface area contributed by atoms with Crippen LogP contribution in [0.1, 0.15) is 25.7 Å². The van der Waals surface area contributed by atoms with E-state index in [9.17, 15) is 9.59 Å². The lowest BCUT2D eigenvalue weighted by Gasteiger charge is -2.38. The molecule has 1 aromatic carbocycles. The summed E-state index contributed by atoms with van der Waals surface area (Å²) in [5, 5.41) is 2.93. The van der Waals surface area contributed by atoms with Crippen LogP contribution in [0.4, 0.5) is 15.3 Å². The van der Waals surface area contributed by atoms with Crippen molar-refractivity contribution in [1.82, 2.24) is 14.7 Å². The molecule has 0 aromatic heterocycles. The second-order valence-corrected chi connectivity index (χ2v) is 7.45. The minimum atomic E-state index is -0.153. The Kier molecular flexibility index (Phi) is 5.73. The highest BCUT2D eigenvalue weighted by Crippen LogP contribution is 2.32. The molecule has 8 heteroatoms. The number of benzene rings is 1. The molecule has 3 aliphatic rings. The zero-order valence-corrected chi connectivity index (χ0v) is 16.2. The third-order valence-corrected chi connectivity index (χ3v) is 5.46. The van der Waals surface area contributed by atoms with E-state index in [1.54, 1.807) is 11.0 Å². The monoisotopic (exact) mass is 388 g/mol. The number of nitrogens with zero attached hydrogens (tertiary/aromatic N) is 3. The third kappa shape index (κ3) is 4.26. The number of rotatable bonds is 1. The van der Waals surface area contributed by atoms with E-state index in [4.69, 9.17) is 9.47 Å². The van der Waals surface area contributed by atoms with Crippen LogP contribution in [0.5, 0.6) is 11.5 Å². The van der Waals surface area contributed by atoms with E-state index in [1.165, 1.54) is 6.42 Å². The number of anilines is 1. The predicted molar refractivity (Wildman–Crippen MR) is 105 cm³/mol. The molecule has 1 N–H and O–H groups in total. The summed E-state index contributed by atoms with van der Waals surface area (Å²) in [6.45, 7) is 5.17. The summed E-state index contributed by atoms with van der Waals surface area (Å²) in [7, 11) is 0. The smallest absolute Gasteiger partial charge is 0.321 e. The predicted octanol–water partition coefficient (Wildman–Crippen LogP) is 2.60. The van der Waals surface area contributed by atoms with Gasteiger partial charge in [-0.15, -0.1) is 0 Å². The summed E-state index contributed by atoms with van der Waals surface area (Å²) in [6.07, 6.45) is 4.22. The fraction of sp³-hybridized carbons (Fsp3) is 0.600. The highest BCUT2D eigenvalue weighted by molar-refractivity contribution is 5.90. The normalized spacial score (nSPS) is 19.8. The number of piperidine rings is 1. The molecule has 3 heterocycles.